The Labute approximate surface area is 111 Å². The number of nitrogens with one attached hydrogen (secondary N) is 2. The number of fused-ring (bicyclic) bond motifs is 1. The number of aromatic amines is 1. The molecule has 4 nitrogen and oxygen atoms in total. The summed E-state index contributed by atoms with van der Waals surface area (Å²) < 4.78 is 0. The fourth-order valence-corrected chi connectivity index (χ4v) is 2.84. The Hall–Kier alpha value is -1.81. The van der Waals surface area contributed by atoms with E-state index in [1.807, 2.05) is 12.3 Å². The zero-order chi connectivity index (χ0) is 13.2. The number of benzene rings is 1. The van der Waals surface area contributed by atoms with Crippen LogP contribution in [-0.4, -0.2) is 22.1 Å². The van der Waals surface area contributed by atoms with Crippen molar-refractivity contribution in [3.63, 3.8) is 0 Å². The molecule has 1 aromatic heterocycles. The normalized spacial score (nSPS) is 16.2. The van der Waals surface area contributed by atoms with Gasteiger partial charge in [0.05, 0.1) is 5.56 Å². The molecule has 19 heavy (non-hydrogen) atoms. The SMILES string of the molecule is O=C(O)c1ccc2[nH]cc(CNC3CCCC3)c2c1. The number of carboxylic acids is 1. The van der Waals surface area contributed by atoms with E-state index < -0.39 is 5.97 Å². The van der Waals surface area contributed by atoms with Gasteiger partial charge in [0.1, 0.15) is 0 Å². The first-order chi connectivity index (χ1) is 9.24. The summed E-state index contributed by atoms with van der Waals surface area (Å²) in [4.78, 5) is 14.2. The maximum Gasteiger partial charge on any atom is 0.335 e. The van der Waals surface area contributed by atoms with Gasteiger partial charge in [-0.15, -0.1) is 0 Å². The summed E-state index contributed by atoms with van der Waals surface area (Å²) in [6, 6.07) is 5.83. The Morgan fingerprint density at radius 3 is 2.89 bits per heavy atom. The van der Waals surface area contributed by atoms with Crippen molar-refractivity contribution in [2.45, 2.75) is 38.3 Å². The predicted molar refractivity (Wildman–Crippen MR) is 74.4 cm³/mol. The van der Waals surface area contributed by atoms with Gasteiger partial charge in [0.2, 0.25) is 0 Å². The van der Waals surface area contributed by atoms with Gasteiger partial charge < -0.3 is 15.4 Å². The van der Waals surface area contributed by atoms with E-state index in [4.69, 9.17) is 5.11 Å². The molecular formula is C15H18N2O2. The zero-order valence-electron chi connectivity index (χ0n) is 10.8. The van der Waals surface area contributed by atoms with E-state index in [9.17, 15) is 4.79 Å². The molecular weight excluding hydrogens is 240 g/mol. The molecule has 1 fully saturated rings. The third-order valence-electron chi connectivity index (χ3n) is 3.95. The van der Waals surface area contributed by atoms with Crippen LogP contribution in [0.3, 0.4) is 0 Å². The van der Waals surface area contributed by atoms with Crippen LogP contribution in [0.15, 0.2) is 24.4 Å². The topological polar surface area (TPSA) is 65.1 Å². The first-order valence-electron chi connectivity index (χ1n) is 6.81. The quantitative estimate of drug-likeness (QED) is 0.790. The van der Waals surface area contributed by atoms with Crippen molar-refractivity contribution in [1.29, 1.82) is 0 Å². The second-order valence-corrected chi connectivity index (χ2v) is 5.24. The smallest absolute Gasteiger partial charge is 0.335 e. The van der Waals surface area contributed by atoms with Gasteiger partial charge >= 0.3 is 5.97 Å². The molecule has 2 aromatic rings. The summed E-state index contributed by atoms with van der Waals surface area (Å²) in [6.45, 7) is 0.799. The summed E-state index contributed by atoms with van der Waals surface area (Å²) >= 11 is 0. The van der Waals surface area contributed by atoms with Crippen LogP contribution in [-0.2, 0) is 6.54 Å². The third-order valence-corrected chi connectivity index (χ3v) is 3.95. The van der Waals surface area contributed by atoms with Gasteiger partial charge in [-0.1, -0.05) is 12.8 Å². The molecule has 4 heteroatoms. The average Bonchev–Trinajstić information content (AvgIpc) is 3.05. The minimum atomic E-state index is -0.877. The fraction of sp³-hybridized carbons (Fsp3) is 0.400. The van der Waals surface area contributed by atoms with Gasteiger partial charge in [-0.3, -0.25) is 0 Å². The van der Waals surface area contributed by atoms with Gasteiger partial charge in [-0.05, 0) is 36.6 Å². The second kappa shape index (κ2) is 5.05. The number of hydrogen-bond donors (Lipinski definition) is 3. The Bertz CT molecular complexity index is 597. The van der Waals surface area contributed by atoms with Crippen LogP contribution in [0, 0.1) is 0 Å². The van der Waals surface area contributed by atoms with Crippen LogP contribution < -0.4 is 5.32 Å². The standard InChI is InChI=1S/C15H18N2O2/c18-15(19)10-5-6-14-13(7-10)11(9-17-14)8-16-12-3-1-2-4-12/h5-7,9,12,16-17H,1-4,8H2,(H,18,19). The number of H-pyrrole nitrogens is 1. The van der Waals surface area contributed by atoms with E-state index in [2.05, 4.69) is 10.3 Å². The Kier molecular flexibility index (Phi) is 3.25. The lowest BCUT2D eigenvalue weighted by molar-refractivity contribution is 0.0697. The maximum absolute atomic E-state index is 11.0. The van der Waals surface area contributed by atoms with E-state index in [0.717, 1.165) is 23.0 Å². The minimum absolute atomic E-state index is 0.342. The van der Waals surface area contributed by atoms with Crippen molar-refractivity contribution in [3.05, 3.63) is 35.5 Å². The van der Waals surface area contributed by atoms with Crippen molar-refractivity contribution in [3.8, 4) is 0 Å². The van der Waals surface area contributed by atoms with Crippen LogP contribution >= 0.6 is 0 Å². The van der Waals surface area contributed by atoms with E-state index in [-0.39, 0.29) is 0 Å². The highest BCUT2D eigenvalue weighted by Crippen LogP contribution is 2.22. The second-order valence-electron chi connectivity index (χ2n) is 5.24. The molecule has 3 N–H and O–H groups in total. The minimum Gasteiger partial charge on any atom is -0.478 e. The molecule has 1 heterocycles. The van der Waals surface area contributed by atoms with Crippen molar-refractivity contribution in [2.75, 3.05) is 0 Å². The molecule has 100 valence electrons. The number of carbonyl (C=O) groups is 1. The Balaban J connectivity index is 1.81. The molecule has 0 bridgehead atoms. The van der Waals surface area contributed by atoms with Crippen LogP contribution in [0.25, 0.3) is 10.9 Å². The van der Waals surface area contributed by atoms with Crippen molar-refractivity contribution < 1.29 is 9.90 Å². The van der Waals surface area contributed by atoms with Crippen LogP contribution in [0.4, 0.5) is 0 Å². The highest BCUT2D eigenvalue weighted by Gasteiger charge is 2.15. The molecule has 0 aliphatic heterocycles. The number of carboxylic acid groups (broad SMARTS) is 1. The molecule has 0 unspecified atom stereocenters. The highest BCUT2D eigenvalue weighted by molar-refractivity contribution is 5.94. The van der Waals surface area contributed by atoms with Gasteiger partial charge in [0.25, 0.3) is 0 Å². The monoisotopic (exact) mass is 258 g/mol. The number of aromatic nitrogens is 1. The van der Waals surface area contributed by atoms with E-state index in [1.165, 1.54) is 25.7 Å². The molecule has 1 saturated carbocycles. The van der Waals surface area contributed by atoms with Gasteiger partial charge in [0, 0.05) is 29.7 Å². The average molecular weight is 258 g/mol. The fourth-order valence-electron chi connectivity index (χ4n) is 2.84. The summed E-state index contributed by atoms with van der Waals surface area (Å²) in [6.07, 6.45) is 7.10. The van der Waals surface area contributed by atoms with Gasteiger partial charge in [-0.2, -0.15) is 0 Å². The third kappa shape index (κ3) is 2.49. The molecule has 1 aliphatic rings. The lowest BCUT2D eigenvalue weighted by Crippen LogP contribution is -2.25. The zero-order valence-corrected chi connectivity index (χ0v) is 10.8. The van der Waals surface area contributed by atoms with Crippen molar-refractivity contribution in [2.24, 2.45) is 0 Å². The van der Waals surface area contributed by atoms with Crippen LogP contribution in [0.1, 0.15) is 41.6 Å². The predicted octanol–water partition coefficient (Wildman–Crippen LogP) is 2.90. The largest absolute Gasteiger partial charge is 0.478 e. The highest BCUT2D eigenvalue weighted by atomic mass is 16.4. The first-order valence-corrected chi connectivity index (χ1v) is 6.81. The summed E-state index contributed by atoms with van der Waals surface area (Å²) in [5, 5.41) is 13.6. The van der Waals surface area contributed by atoms with Crippen LogP contribution in [0.5, 0.6) is 0 Å². The molecule has 1 aliphatic carbocycles. The molecule has 0 saturated heterocycles. The van der Waals surface area contributed by atoms with Gasteiger partial charge in [0.15, 0.2) is 0 Å². The molecule has 0 atom stereocenters. The summed E-state index contributed by atoms with van der Waals surface area (Å²) in [5.41, 5.74) is 2.48. The van der Waals surface area contributed by atoms with E-state index in [1.54, 1.807) is 12.1 Å². The van der Waals surface area contributed by atoms with Gasteiger partial charge in [-0.25, -0.2) is 4.79 Å². The molecule has 1 aromatic carbocycles. The van der Waals surface area contributed by atoms with E-state index in [0.29, 0.717) is 11.6 Å². The Morgan fingerprint density at radius 1 is 1.37 bits per heavy atom. The molecule has 0 amide bonds. The first kappa shape index (κ1) is 12.2. The molecule has 0 spiro atoms. The number of rotatable bonds is 4. The lowest BCUT2D eigenvalue weighted by Gasteiger charge is -2.10. The summed E-state index contributed by atoms with van der Waals surface area (Å²) in [7, 11) is 0. The Morgan fingerprint density at radius 2 is 2.16 bits per heavy atom. The van der Waals surface area contributed by atoms with E-state index >= 15 is 0 Å². The lowest BCUT2D eigenvalue weighted by atomic mass is 10.1. The van der Waals surface area contributed by atoms with Crippen LogP contribution in [0.2, 0.25) is 0 Å². The molecule has 3 rings (SSSR count). The number of hydrogen-bond acceptors (Lipinski definition) is 2. The maximum atomic E-state index is 11.0. The summed E-state index contributed by atoms with van der Waals surface area (Å²) in [5.74, 6) is -0.877. The molecule has 0 radical (unpaired) electrons. The van der Waals surface area contributed by atoms with Crippen molar-refractivity contribution in [1.82, 2.24) is 10.3 Å². The van der Waals surface area contributed by atoms with Crippen molar-refractivity contribution >= 4 is 16.9 Å². The number of aromatic carboxylic acids is 1.